The Kier molecular flexibility index (Phi) is 14.5. The van der Waals surface area contributed by atoms with Crippen LogP contribution in [-0.4, -0.2) is 0 Å². The lowest BCUT2D eigenvalue weighted by Crippen LogP contribution is -2.15. The predicted molar refractivity (Wildman–Crippen MR) is 208 cm³/mol. The maximum Gasteiger partial charge on any atom is 0.0387 e. The van der Waals surface area contributed by atoms with Crippen LogP contribution < -0.4 is 10.6 Å². The van der Waals surface area contributed by atoms with E-state index in [0.29, 0.717) is 0 Å². The number of hydrogen-bond acceptors (Lipinski definition) is 4. The van der Waals surface area contributed by atoms with Gasteiger partial charge in [0.25, 0.3) is 0 Å². The summed E-state index contributed by atoms with van der Waals surface area (Å²) >= 11 is 6.44. The van der Waals surface area contributed by atoms with Crippen molar-refractivity contribution in [2.24, 2.45) is 0 Å². The number of para-hydroxylation sites is 2. The van der Waals surface area contributed by atoms with E-state index in [1.807, 2.05) is 38.1 Å². The second-order valence-electron chi connectivity index (χ2n) is 11.7. The second-order valence-corrected chi connectivity index (χ2v) is 11.7. The monoisotopic (exact) mass is 640 g/mol. The van der Waals surface area contributed by atoms with Crippen LogP contribution in [0.4, 0.5) is 22.7 Å². The van der Waals surface area contributed by atoms with E-state index in [1.54, 1.807) is 0 Å². The molecule has 44 heavy (non-hydrogen) atoms. The van der Waals surface area contributed by atoms with E-state index in [2.05, 4.69) is 172 Å². The molecule has 1 aliphatic carbocycles. The lowest BCUT2D eigenvalue weighted by atomic mass is 9.82. The number of rotatable bonds is 4. The first-order chi connectivity index (χ1) is 20.7. The van der Waals surface area contributed by atoms with Crippen molar-refractivity contribution in [3.63, 3.8) is 0 Å². The summed E-state index contributed by atoms with van der Waals surface area (Å²) in [6.45, 7) is 15.3. The Morgan fingerprint density at radius 1 is 0.500 bits per heavy atom. The third kappa shape index (κ3) is 9.37. The van der Waals surface area contributed by atoms with Crippen molar-refractivity contribution in [1.82, 2.24) is 0 Å². The summed E-state index contributed by atoms with van der Waals surface area (Å²) in [5.41, 5.74) is 11.7. The number of thiol groups is 2. The minimum absolute atomic E-state index is 0. The summed E-state index contributed by atoms with van der Waals surface area (Å²) in [7, 11) is 0. The summed E-state index contributed by atoms with van der Waals surface area (Å²) in [5.74, 6) is 0. The molecule has 0 fully saturated rings. The van der Waals surface area contributed by atoms with Gasteiger partial charge in [-0.25, -0.2) is 0 Å². The maximum absolute atomic E-state index is 3.50. The highest BCUT2D eigenvalue weighted by Crippen LogP contribution is 2.49. The molecule has 6 rings (SSSR count). The zero-order valence-electron chi connectivity index (χ0n) is 27.0. The fourth-order valence-electron chi connectivity index (χ4n) is 5.21. The van der Waals surface area contributed by atoms with Crippen LogP contribution in [0.25, 0.3) is 11.1 Å². The van der Waals surface area contributed by atoms with Crippen LogP contribution in [0.5, 0.6) is 0 Å². The van der Waals surface area contributed by atoms with Crippen molar-refractivity contribution in [2.75, 3.05) is 10.6 Å². The first-order valence-electron chi connectivity index (χ1n) is 14.9. The molecule has 0 bridgehead atoms. The average Bonchev–Trinajstić information content (AvgIpc) is 3.26. The summed E-state index contributed by atoms with van der Waals surface area (Å²) in [6.07, 6.45) is 0. The predicted octanol–water partition coefficient (Wildman–Crippen LogP) is 12.4. The molecule has 0 spiro atoms. The zero-order chi connectivity index (χ0) is 31.5. The molecule has 0 saturated heterocycles. The van der Waals surface area contributed by atoms with E-state index in [0.717, 1.165) is 22.7 Å². The van der Waals surface area contributed by atoms with Gasteiger partial charge < -0.3 is 10.6 Å². The molecule has 2 nitrogen and oxygen atoms in total. The Morgan fingerprint density at radius 2 is 0.909 bits per heavy atom. The third-order valence-corrected chi connectivity index (χ3v) is 7.46. The Balaban J connectivity index is 0.000000278. The average molecular weight is 641 g/mol. The molecule has 5 aromatic carbocycles. The molecule has 2 N–H and O–H groups in total. The highest BCUT2D eigenvalue weighted by molar-refractivity contribution is 8.59. The first-order valence-corrected chi connectivity index (χ1v) is 16.5. The second kappa shape index (κ2) is 17.3. The Labute approximate surface area is 283 Å². The first kappa shape index (κ1) is 36.9. The molecular formula is C39H48N2S3. The van der Waals surface area contributed by atoms with Gasteiger partial charge >= 0.3 is 0 Å². The third-order valence-electron chi connectivity index (χ3n) is 7.46. The van der Waals surface area contributed by atoms with Crippen LogP contribution in [0.15, 0.2) is 127 Å². The molecule has 0 aliphatic heterocycles. The van der Waals surface area contributed by atoms with Gasteiger partial charge in [0.05, 0.1) is 0 Å². The zero-order valence-corrected chi connectivity index (χ0v) is 29.8. The fourth-order valence-corrected chi connectivity index (χ4v) is 5.21. The molecule has 5 aromatic rings. The Hall–Kier alpha value is -3.25. The van der Waals surface area contributed by atoms with Gasteiger partial charge in [0.1, 0.15) is 0 Å². The lowest BCUT2D eigenvalue weighted by molar-refractivity contribution is 0.590. The lowest BCUT2D eigenvalue weighted by Gasteiger charge is -2.22. The van der Waals surface area contributed by atoms with Gasteiger partial charge in [-0.15, -0.1) is 23.3 Å². The van der Waals surface area contributed by atoms with E-state index in [1.165, 1.54) is 27.8 Å². The van der Waals surface area contributed by atoms with Crippen molar-refractivity contribution in [1.29, 1.82) is 0 Å². The normalized spacial score (nSPS) is 11.8. The largest absolute Gasteiger partial charge is 0.356 e. The van der Waals surface area contributed by atoms with E-state index in [-0.39, 0.29) is 24.3 Å². The molecule has 1 aliphatic rings. The molecule has 5 heteroatoms. The molecule has 232 valence electrons. The van der Waals surface area contributed by atoms with E-state index in [9.17, 15) is 0 Å². The standard InChI is InChI=1S/C21H19N.C16H19N.C2H6.H2S2.H2S/c1-21(2)19-11-7-6-10-17(19)18-13-12-16(14-20(18)21)22-15-8-4-3-5-9-15;1-16(2,3)13-9-11-15(12-10-13)17-14-7-5-4-6-8-14;2*1-2;/h3-14,22H,1-2H3;4-12,17H,1-3H3;1-2H3;1-2H;1H2. The van der Waals surface area contributed by atoms with Gasteiger partial charge in [0.15, 0.2) is 0 Å². The van der Waals surface area contributed by atoms with Gasteiger partial charge in [0, 0.05) is 28.2 Å². The summed E-state index contributed by atoms with van der Waals surface area (Å²) in [6, 6.07) is 44.6. The topological polar surface area (TPSA) is 24.1 Å². The summed E-state index contributed by atoms with van der Waals surface area (Å²) in [4.78, 5) is 0. The number of hydrogen-bond donors (Lipinski definition) is 4. The summed E-state index contributed by atoms with van der Waals surface area (Å²) in [5, 5.41) is 6.88. The molecule has 0 radical (unpaired) electrons. The van der Waals surface area contributed by atoms with Crippen molar-refractivity contribution in [2.45, 2.75) is 59.3 Å². The summed E-state index contributed by atoms with van der Waals surface area (Å²) < 4.78 is 0. The Bertz CT molecular complexity index is 1540. The fraction of sp³-hybridized carbons (Fsp3) is 0.231. The van der Waals surface area contributed by atoms with Gasteiger partial charge in [0.2, 0.25) is 0 Å². The van der Waals surface area contributed by atoms with Gasteiger partial charge in [-0.1, -0.05) is 127 Å². The van der Waals surface area contributed by atoms with Crippen molar-refractivity contribution in [3.8, 4) is 11.1 Å². The van der Waals surface area contributed by atoms with Gasteiger partial charge in [-0.2, -0.15) is 13.5 Å². The van der Waals surface area contributed by atoms with Crippen LogP contribution in [0.1, 0.15) is 65.2 Å². The molecular weight excluding hydrogens is 593 g/mol. The minimum atomic E-state index is 0. The number of fused-ring (bicyclic) bond motifs is 3. The molecule has 0 aromatic heterocycles. The molecule has 0 unspecified atom stereocenters. The van der Waals surface area contributed by atoms with Crippen molar-refractivity contribution in [3.05, 3.63) is 144 Å². The van der Waals surface area contributed by atoms with Crippen LogP contribution in [0.2, 0.25) is 0 Å². The SMILES string of the molecule is CC.CC(C)(C)c1ccc(Nc2ccccc2)cc1.CC1(C)c2ccccc2-c2ccc(Nc3ccccc3)cc21.S.SS. The van der Waals surface area contributed by atoms with Crippen LogP contribution in [-0.2, 0) is 10.8 Å². The van der Waals surface area contributed by atoms with Crippen LogP contribution >= 0.6 is 36.8 Å². The molecule has 0 heterocycles. The highest BCUT2D eigenvalue weighted by Gasteiger charge is 2.35. The van der Waals surface area contributed by atoms with Gasteiger partial charge in [-0.05, 0) is 81.8 Å². The van der Waals surface area contributed by atoms with Crippen molar-refractivity contribution < 1.29 is 0 Å². The number of nitrogens with one attached hydrogen (secondary N) is 2. The van der Waals surface area contributed by atoms with Crippen LogP contribution in [0.3, 0.4) is 0 Å². The Morgan fingerprint density at radius 3 is 1.43 bits per heavy atom. The van der Waals surface area contributed by atoms with Crippen LogP contribution in [0, 0.1) is 0 Å². The van der Waals surface area contributed by atoms with Crippen molar-refractivity contribution >= 4 is 59.6 Å². The molecule has 0 saturated carbocycles. The number of benzene rings is 5. The van der Waals surface area contributed by atoms with Gasteiger partial charge in [-0.3, -0.25) is 0 Å². The van der Waals surface area contributed by atoms with E-state index in [4.69, 9.17) is 0 Å². The van der Waals surface area contributed by atoms with E-state index < -0.39 is 0 Å². The molecule has 0 amide bonds. The number of anilines is 4. The minimum Gasteiger partial charge on any atom is -0.356 e. The smallest absolute Gasteiger partial charge is 0.0387 e. The van der Waals surface area contributed by atoms with E-state index >= 15 is 0 Å². The molecule has 0 atom stereocenters. The quantitative estimate of drug-likeness (QED) is 0.116. The maximum atomic E-state index is 3.50. The highest BCUT2D eigenvalue weighted by atomic mass is 33.1.